The van der Waals surface area contributed by atoms with Crippen LogP contribution in [0.5, 0.6) is 0 Å². The molecule has 0 aliphatic carbocycles. The normalized spacial score (nSPS) is 17.8. The molecule has 1 saturated heterocycles. The topological polar surface area (TPSA) is 44.1 Å². The SMILES string of the molecule is CC(Cc1ccccc1)C(=O)N1CCC(C#N)CC1. The third kappa shape index (κ3) is 3.57. The quantitative estimate of drug-likeness (QED) is 0.834. The Labute approximate surface area is 114 Å². The summed E-state index contributed by atoms with van der Waals surface area (Å²) in [5.41, 5.74) is 1.20. The van der Waals surface area contributed by atoms with E-state index < -0.39 is 0 Å². The van der Waals surface area contributed by atoms with Crippen molar-refractivity contribution >= 4 is 5.91 Å². The fourth-order valence-corrected chi connectivity index (χ4v) is 2.60. The molecule has 0 bridgehead atoms. The zero-order valence-corrected chi connectivity index (χ0v) is 11.4. The van der Waals surface area contributed by atoms with Gasteiger partial charge in [-0.3, -0.25) is 4.79 Å². The zero-order valence-electron chi connectivity index (χ0n) is 11.4. The summed E-state index contributed by atoms with van der Waals surface area (Å²) in [5.74, 6) is 0.370. The minimum Gasteiger partial charge on any atom is -0.342 e. The maximum atomic E-state index is 12.3. The minimum absolute atomic E-state index is 0.0148. The molecule has 1 atom stereocenters. The highest BCUT2D eigenvalue weighted by molar-refractivity contribution is 5.78. The molecule has 1 aromatic carbocycles. The summed E-state index contributed by atoms with van der Waals surface area (Å²) in [5, 5.41) is 8.87. The lowest BCUT2D eigenvalue weighted by Crippen LogP contribution is -2.41. The molecule has 1 fully saturated rings. The summed E-state index contributed by atoms with van der Waals surface area (Å²) in [6.07, 6.45) is 2.43. The Kier molecular flexibility index (Phi) is 4.57. The van der Waals surface area contributed by atoms with Crippen LogP contribution in [0.25, 0.3) is 0 Å². The molecule has 1 aliphatic heterocycles. The van der Waals surface area contributed by atoms with Crippen LogP contribution in [0.15, 0.2) is 30.3 Å². The first kappa shape index (κ1) is 13.6. The van der Waals surface area contributed by atoms with E-state index in [9.17, 15) is 4.79 Å². The Hall–Kier alpha value is -1.82. The Balaban J connectivity index is 1.88. The molecule has 0 N–H and O–H groups in total. The first-order chi connectivity index (χ1) is 9.20. The van der Waals surface area contributed by atoms with Gasteiger partial charge < -0.3 is 4.90 Å². The third-order valence-electron chi connectivity index (χ3n) is 3.80. The van der Waals surface area contributed by atoms with Crippen molar-refractivity contribution in [2.75, 3.05) is 13.1 Å². The van der Waals surface area contributed by atoms with Crippen molar-refractivity contribution in [2.45, 2.75) is 26.2 Å². The van der Waals surface area contributed by atoms with Crippen molar-refractivity contribution in [1.82, 2.24) is 4.90 Å². The van der Waals surface area contributed by atoms with Gasteiger partial charge in [0.2, 0.25) is 5.91 Å². The second-order valence-electron chi connectivity index (χ2n) is 5.32. The lowest BCUT2D eigenvalue weighted by Gasteiger charge is -2.31. The number of hydrogen-bond donors (Lipinski definition) is 0. The van der Waals surface area contributed by atoms with Crippen LogP contribution in [0, 0.1) is 23.2 Å². The van der Waals surface area contributed by atoms with Crippen molar-refractivity contribution in [2.24, 2.45) is 11.8 Å². The second kappa shape index (κ2) is 6.38. The minimum atomic E-state index is 0.0148. The van der Waals surface area contributed by atoms with Crippen molar-refractivity contribution in [3.63, 3.8) is 0 Å². The largest absolute Gasteiger partial charge is 0.342 e. The molecule has 3 nitrogen and oxygen atoms in total. The van der Waals surface area contributed by atoms with Gasteiger partial charge in [-0.25, -0.2) is 0 Å². The second-order valence-corrected chi connectivity index (χ2v) is 5.32. The summed E-state index contributed by atoms with van der Waals surface area (Å²) < 4.78 is 0. The van der Waals surface area contributed by atoms with E-state index in [1.54, 1.807) is 0 Å². The summed E-state index contributed by atoms with van der Waals surface area (Å²) in [6.45, 7) is 3.46. The van der Waals surface area contributed by atoms with Crippen LogP contribution in [-0.2, 0) is 11.2 Å². The van der Waals surface area contributed by atoms with E-state index >= 15 is 0 Å². The first-order valence-corrected chi connectivity index (χ1v) is 6.93. The Morgan fingerprint density at radius 1 is 1.37 bits per heavy atom. The smallest absolute Gasteiger partial charge is 0.225 e. The first-order valence-electron chi connectivity index (χ1n) is 6.93. The van der Waals surface area contributed by atoms with Gasteiger partial charge in [0.05, 0.1) is 6.07 Å². The molecular formula is C16H20N2O. The lowest BCUT2D eigenvalue weighted by atomic mass is 9.95. The number of piperidine rings is 1. The fraction of sp³-hybridized carbons (Fsp3) is 0.500. The van der Waals surface area contributed by atoms with Crippen molar-refractivity contribution in [1.29, 1.82) is 5.26 Å². The molecule has 19 heavy (non-hydrogen) atoms. The van der Waals surface area contributed by atoms with Crippen molar-refractivity contribution in [3.05, 3.63) is 35.9 Å². The predicted octanol–water partition coefficient (Wildman–Crippen LogP) is 2.63. The molecule has 0 spiro atoms. The van der Waals surface area contributed by atoms with Gasteiger partial charge in [0, 0.05) is 24.9 Å². The van der Waals surface area contributed by atoms with Crippen LogP contribution in [-0.4, -0.2) is 23.9 Å². The van der Waals surface area contributed by atoms with E-state index in [1.165, 1.54) is 5.56 Å². The highest BCUT2D eigenvalue weighted by atomic mass is 16.2. The molecule has 2 rings (SSSR count). The fourth-order valence-electron chi connectivity index (χ4n) is 2.60. The maximum absolute atomic E-state index is 12.3. The van der Waals surface area contributed by atoms with Crippen LogP contribution in [0.2, 0.25) is 0 Å². The molecule has 0 radical (unpaired) electrons. The number of rotatable bonds is 3. The number of benzene rings is 1. The van der Waals surface area contributed by atoms with Gasteiger partial charge >= 0.3 is 0 Å². The summed E-state index contributed by atoms with van der Waals surface area (Å²) in [4.78, 5) is 14.3. The molecule has 1 unspecified atom stereocenters. The van der Waals surface area contributed by atoms with Crippen molar-refractivity contribution < 1.29 is 4.79 Å². The molecule has 1 aromatic rings. The maximum Gasteiger partial charge on any atom is 0.225 e. The number of hydrogen-bond acceptors (Lipinski definition) is 2. The number of carbonyl (C=O) groups is 1. The average molecular weight is 256 g/mol. The van der Waals surface area contributed by atoms with E-state index in [4.69, 9.17) is 5.26 Å². The summed E-state index contributed by atoms with van der Waals surface area (Å²) in [7, 11) is 0. The van der Waals surface area contributed by atoms with Crippen LogP contribution in [0.1, 0.15) is 25.3 Å². The van der Waals surface area contributed by atoms with Crippen LogP contribution < -0.4 is 0 Å². The van der Waals surface area contributed by atoms with E-state index in [1.807, 2.05) is 30.0 Å². The van der Waals surface area contributed by atoms with E-state index in [2.05, 4.69) is 18.2 Å². The number of nitrogens with zero attached hydrogens (tertiary/aromatic N) is 2. The molecule has 1 amide bonds. The Bertz CT molecular complexity index is 455. The van der Waals surface area contributed by atoms with Gasteiger partial charge in [-0.15, -0.1) is 0 Å². The number of carbonyl (C=O) groups excluding carboxylic acids is 1. The van der Waals surface area contributed by atoms with E-state index in [-0.39, 0.29) is 17.7 Å². The molecule has 1 heterocycles. The highest BCUT2D eigenvalue weighted by Gasteiger charge is 2.25. The van der Waals surface area contributed by atoms with Gasteiger partial charge in [-0.1, -0.05) is 37.3 Å². The Morgan fingerprint density at radius 2 is 2.00 bits per heavy atom. The standard InChI is InChI=1S/C16H20N2O/c1-13(11-14-5-3-2-4-6-14)16(19)18-9-7-15(12-17)8-10-18/h2-6,13,15H,7-11H2,1H3. The molecule has 0 aromatic heterocycles. The highest BCUT2D eigenvalue weighted by Crippen LogP contribution is 2.19. The molecule has 0 saturated carbocycles. The third-order valence-corrected chi connectivity index (χ3v) is 3.80. The average Bonchev–Trinajstić information content (AvgIpc) is 2.47. The summed E-state index contributed by atoms with van der Waals surface area (Å²) in [6, 6.07) is 12.4. The lowest BCUT2D eigenvalue weighted by molar-refractivity contribution is -0.136. The number of amides is 1. The Morgan fingerprint density at radius 3 is 2.58 bits per heavy atom. The van der Waals surface area contributed by atoms with E-state index in [0.29, 0.717) is 0 Å². The molecule has 100 valence electrons. The predicted molar refractivity (Wildman–Crippen MR) is 74.2 cm³/mol. The molecular weight excluding hydrogens is 236 g/mol. The van der Waals surface area contributed by atoms with Crippen LogP contribution in [0.3, 0.4) is 0 Å². The number of likely N-dealkylation sites (tertiary alicyclic amines) is 1. The van der Waals surface area contributed by atoms with Gasteiger partial charge in [-0.2, -0.15) is 5.26 Å². The van der Waals surface area contributed by atoms with Gasteiger partial charge in [-0.05, 0) is 24.8 Å². The zero-order chi connectivity index (χ0) is 13.7. The molecule has 3 heteroatoms. The van der Waals surface area contributed by atoms with Gasteiger partial charge in [0.15, 0.2) is 0 Å². The number of nitriles is 1. The van der Waals surface area contributed by atoms with Crippen LogP contribution >= 0.6 is 0 Å². The summed E-state index contributed by atoms with van der Waals surface area (Å²) >= 11 is 0. The monoisotopic (exact) mass is 256 g/mol. The molecule has 1 aliphatic rings. The van der Waals surface area contributed by atoms with Gasteiger partial charge in [0.1, 0.15) is 0 Å². The van der Waals surface area contributed by atoms with E-state index in [0.717, 1.165) is 32.4 Å². The van der Waals surface area contributed by atoms with Crippen LogP contribution in [0.4, 0.5) is 0 Å². The van der Waals surface area contributed by atoms with Gasteiger partial charge in [0.25, 0.3) is 0 Å². The van der Waals surface area contributed by atoms with Crippen molar-refractivity contribution in [3.8, 4) is 6.07 Å².